The van der Waals surface area contributed by atoms with Gasteiger partial charge in [-0.1, -0.05) is 0 Å². The van der Waals surface area contributed by atoms with Gasteiger partial charge < -0.3 is 5.32 Å². The zero-order valence-corrected chi connectivity index (χ0v) is 9.91. The average molecular weight is 284 g/mol. The van der Waals surface area contributed by atoms with Crippen LogP contribution < -0.4 is 5.32 Å². The minimum absolute atomic E-state index is 0.164. The molecule has 1 aromatic heterocycles. The van der Waals surface area contributed by atoms with E-state index in [1.165, 1.54) is 24.5 Å². The third kappa shape index (κ3) is 3.11. The second-order valence-electron chi connectivity index (χ2n) is 3.88. The molecule has 7 heteroatoms. The third-order valence-electron chi connectivity index (χ3n) is 2.48. The first-order valence-electron chi connectivity index (χ1n) is 5.46. The van der Waals surface area contributed by atoms with Crippen molar-refractivity contribution in [3.8, 4) is 0 Å². The molecule has 1 heterocycles. The van der Waals surface area contributed by atoms with Crippen LogP contribution in [-0.2, 0) is 6.18 Å². The first-order chi connectivity index (χ1) is 9.38. The molecule has 1 amide bonds. The summed E-state index contributed by atoms with van der Waals surface area (Å²) in [6.07, 6.45) is -1.92. The lowest BCUT2D eigenvalue weighted by Crippen LogP contribution is -2.14. The molecule has 20 heavy (non-hydrogen) atoms. The van der Waals surface area contributed by atoms with E-state index in [0.29, 0.717) is 18.2 Å². The summed E-state index contributed by atoms with van der Waals surface area (Å²) in [6.45, 7) is 0. The van der Waals surface area contributed by atoms with Gasteiger partial charge in [0, 0.05) is 18.0 Å². The van der Waals surface area contributed by atoms with Crippen molar-refractivity contribution >= 4 is 11.6 Å². The monoisotopic (exact) mass is 284 g/mol. The Balaban J connectivity index is 2.27. The lowest BCUT2D eigenvalue weighted by Gasteiger charge is -2.10. The second kappa shape index (κ2) is 5.28. The summed E-state index contributed by atoms with van der Waals surface area (Å²) in [5.74, 6) is -1.66. The second-order valence-corrected chi connectivity index (χ2v) is 3.88. The van der Waals surface area contributed by atoms with Crippen molar-refractivity contribution < 1.29 is 22.4 Å². The average Bonchev–Trinajstić information content (AvgIpc) is 2.41. The van der Waals surface area contributed by atoms with Gasteiger partial charge in [0.05, 0.1) is 11.3 Å². The molecule has 0 saturated heterocycles. The Labute approximate surface area is 111 Å². The van der Waals surface area contributed by atoms with Gasteiger partial charge in [0.15, 0.2) is 0 Å². The summed E-state index contributed by atoms with van der Waals surface area (Å²) in [4.78, 5) is 15.4. The normalized spacial score (nSPS) is 11.2. The fourth-order valence-corrected chi connectivity index (χ4v) is 1.50. The summed E-state index contributed by atoms with van der Waals surface area (Å²) >= 11 is 0. The number of rotatable bonds is 2. The molecule has 0 unspecified atom stereocenters. The number of hydrogen-bond donors (Lipinski definition) is 1. The van der Waals surface area contributed by atoms with Crippen LogP contribution in [0.4, 0.5) is 23.2 Å². The summed E-state index contributed by atoms with van der Waals surface area (Å²) in [5.41, 5.74) is -1.40. The van der Waals surface area contributed by atoms with E-state index in [0.717, 1.165) is 0 Å². The van der Waals surface area contributed by atoms with Gasteiger partial charge in [-0.2, -0.15) is 13.2 Å². The van der Waals surface area contributed by atoms with Crippen molar-refractivity contribution in [2.75, 3.05) is 5.32 Å². The van der Waals surface area contributed by atoms with Gasteiger partial charge in [-0.25, -0.2) is 4.39 Å². The molecular weight excluding hydrogens is 276 g/mol. The number of halogens is 4. The number of amides is 1. The molecule has 2 rings (SSSR count). The van der Waals surface area contributed by atoms with E-state index in [1.807, 2.05) is 0 Å². The van der Waals surface area contributed by atoms with Gasteiger partial charge in [-0.3, -0.25) is 9.78 Å². The first kappa shape index (κ1) is 14.0. The summed E-state index contributed by atoms with van der Waals surface area (Å²) in [6, 6.07) is 4.54. The van der Waals surface area contributed by atoms with Crippen molar-refractivity contribution in [1.82, 2.24) is 4.98 Å². The maximum Gasteiger partial charge on any atom is 0.416 e. The molecule has 3 nitrogen and oxygen atoms in total. The van der Waals surface area contributed by atoms with E-state index >= 15 is 0 Å². The molecule has 2 aromatic rings. The zero-order valence-electron chi connectivity index (χ0n) is 9.91. The molecule has 104 valence electrons. The molecule has 1 N–H and O–H groups in total. The molecule has 0 fully saturated rings. The minimum atomic E-state index is -4.61. The number of hydrogen-bond acceptors (Lipinski definition) is 2. The van der Waals surface area contributed by atoms with E-state index in [2.05, 4.69) is 10.3 Å². The summed E-state index contributed by atoms with van der Waals surface area (Å²) in [7, 11) is 0. The summed E-state index contributed by atoms with van der Waals surface area (Å²) < 4.78 is 51.0. The van der Waals surface area contributed by atoms with Crippen LogP contribution >= 0.6 is 0 Å². The van der Waals surface area contributed by atoms with Crippen molar-refractivity contribution in [3.05, 3.63) is 59.7 Å². The molecule has 0 atom stereocenters. The molecule has 0 aliphatic heterocycles. The maximum absolute atomic E-state index is 13.4. The van der Waals surface area contributed by atoms with E-state index in [4.69, 9.17) is 0 Å². The van der Waals surface area contributed by atoms with Crippen LogP contribution in [0.3, 0.4) is 0 Å². The minimum Gasteiger partial charge on any atom is -0.319 e. The fourth-order valence-electron chi connectivity index (χ4n) is 1.50. The number of aromatic nitrogens is 1. The number of pyridine rings is 1. The Morgan fingerprint density at radius 3 is 2.35 bits per heavy atom. The highest BCUT2D eigenvalue weighted by Gasteiger charge is 2.31. The van der Waals surface area contributed by atoms with E-state index in [9.17, 15) is 22.4 Å². The number of carbonyl (C=O) groups excluding carboxylic acids is 1. The standard InChI is InChI=1S/C13H8F4N2O/c14-10-2-1-9(13(15,16)17)7-11(10)19-12(20)8-3-5-18-6-4-8/h1-7H,(H,19,20). The third-order valence-corrected chi connectivity index (χ3v) is 2.48. The van der Waals surface area contributed by atoms with Gasteiger partial charge in [0.1, 0.15) is 5.82 Å². The molecule has 0 aliphatic carbocycles. The van der Waals surface area contributed by atoms with E-state index in [-0.39, 0.29) is 5.56 Å². The smallest absolute Gasteiger partial charge is 0.319 e. The quantitative estimate of drug-likeness (QED) is 0.858. The Kier molecular flexibility index (Phi) is 3.69. The van der Waals surface area contributed by atoms with Crippen LogP contribution in [0.5, 0.6) is 0 Å². The molecule has 0 spiro atoms. The summed E-state index contributed by atoms with van der Waals surface area (Å²) in [5, 5.41) is 2.10. The van der Waals surface area contributed by atoms with Crippen LogP contribution in [0.2, 0.25) is 0 Å². The van der Waals surface area contributed by atoms with Gasteiger partial charge in [0.2, 0.25) is 0 Å². The highest BCUT2D eigenvalue weighted by molar-refractivity contribution is 6.04. The van der Waals surface area contributed by atoms with Crippen LogP contribution in [0.1, 0.15) is 15.9 Å². The van der Waals surface area contributed by atoms with Gasteiger partial charge in [0.25, 0.3) is 5.91 Å². The SMILES string of the molecule is O=C(Nc1cc(C(F)(F)F)ccc1F)c1ccncc1. The van der Waals surface area contributed by atoms with Crippen molar-refractivity contribution in [2.45, 2.75) is 6.18 Å². The van der Waals surface area contributed by atoms with Crippen molar-refractivity contribution in [2.24, 2.45) is 0 Å². The Morgan fingerprint density at radius 1 is 1.10 bits per heavy atom. The molecule has 0 saturated carbocycles. The molecule has 1 aromatic carbocycles. The zero-order chi connectivity index (χ0) is 14.8. The number of anilines is 1. The largest absolute Gasteiger partial charge is 0.416 e. The number of nitrogens with zero attached hydrogens (tertiary/aromatic N) is 1. The van der Waals surface area contributed by atoms with Gasteiger partial charge in [-0.15, -0.1) is 0 Å². The van der Waals surface area contributed by atoms with Crippen LogP contribution in [0.15, 0.2) is 42.7 Å². The van der Waals surface area contributed by atoms with E-state index in [1.54, 1.807) is 0 Å². The van der Waals surface area contributed by atoms with Crippen molar-refractivity contribution in [1.29, 1.82) is 0 Å². The maximum atomic E-state index is 13.4. The lowest BCUT2D eigenvalue weighted by atomic mass is 10.1. The first-order valence-corrected chi connectivity index (χ1v) is 5.46. The van der Waals surface area contributed by atoms with Gasteiger partial charge in [-0.05, 0) is 30.3 Å². The number of nitrogens with one attached hydrogen (secondary N) is 1. The molecule has 0 radical (unpaired) electrons. The highest BCUT2D eigenvalue weighted by Crippen LogP contribution is 2.31. The van der Waals surface area contributed by atoms with Crippen LogP contribution in [-0.4, -0.2) is 10.9 Å². The lowest BCUT2D eigenvalue weighted by molar-refractivity contribution is -0.137. The number of carbonyl (C=O) groups is 1. The molecular formula is C13H8F4N2O. The Bertz CT molecular complexity index is 626. The topological polar surface area (TPSA) is 42.0 Å². The van der Waals surface area contributed by atoms with Crippen LogP contribution in [0.25, 0.3) is 0 Å². The highest BCUT2D eigenvalue weighted by atomic mass is 19.4. The molecule has 0 aliphatic rings. The van der Waals surface area contributed by atoms with Crippen molar-refractivity contribution in [3.63, 3.8) is 0 Å². The fraction of sp³-hybridized carbons (Fsp3) is 0.0769. The molecule has 0 bridgehead atoms. The number of benzene rings is 1. The predicted molar refractivity (Wildman–Crippen MR) is 63.6 cm³/mol. The predicted octanol–water partition coefficient (Wildman–Crippen LogP) is 3.49. The van der Waals surface area contributed by atoms with Crippen LogP contribution in [0, 0.1) is 5.82 Å². The van der Waals surface area contributed by atoms with Gasteiger partial charge >= 0.3 is 6.18 Å². The Hall–Kier alpha value is -2.44. The number of alkyl halides is 3. The van der Waals surface area contributed by atoms with E-state index < -0.39 is 29.2 Å². The Morgan fingerprint density at radius 2 is 1.75 bits per heavy atom.